The minimum absolute atomic E-state index is 0.0363. The summed E-state index contributed by atoms with van der Waals surface area (Å²) in [6.07, 6.45) is 6.22. The Morgan fingerprint density at radius 1 is 1.00 bits per heavy atom. The molecule has 0 unspecified atom stereocenters. The molecular weight excluding hydrogens is 617 g/mol. The first kappa shape index (κ1) is 30.6. The Kier molecular flexibility index (Phi) is 8.52. The summed E-state index contributed by atoms with van der Waals surface area (Å²) in [6.45, 7) is 0.0363. The zero-order valence-corrected chi connectivity index (χ0v) is 26.0. The van der Waals surface area contributed by atoms with Gasteiger partial charge in [-0.1, -0.05) is 49.1 Å². The normalized spacial score (nSPS) is 14.0. The standard InChI is InChI=1S/C34H31ClFN3O5S/c1-45(42,43)38-25-12-14-28(21-7-10-24(35)11-8-21)23(17-25)20-44-27-13-15-29(30(36)19-27)33-37-31-18-22(34(40)41)9-16-32(31)39(33)26-5-3-2-4-6-26/h7-19,26,38H,2-6,20H2,1H3,(H,40,41). The van der Waals surface area contributed by atoms with Crippen LogP contribution in [0, 0.1) is 5.82 Å². The summed E-state index contributed by atoms with van der Waals surface area (Å²) in [5.74, 6) is -0.833. The lowest BCUT2D eigenvalue weighted by Crippen LogP contribution is -2.14. The molecule has 0 amide bonds. The van der Waals surface area contributed by atoms with Crippen LogP contribution in [0.2, 0.25) is 5.02 Å². The molecule has 0 saturated heterocycles. The van der Waals surface area contributed by atoms with E-state index in [1.807, 2.05) is 12.1 Å². The second kappa shape index (κ2) is 12.5. The van der Waals surface area contributed by atoms with E-state index in [2.05, 4.69) is 9.29 Å². The number of rotatable bonds is 9. The zero-order valence-electron chi connectivity index (χ0n) is 24.5. The van der Waals surface area contributed by atoms with Crippen molar-refractivity contribution in [2.24, 2.45) is 0 Å². The first-order valence-electron chi connectivity index (χ1n) is 14.6. The van der Waals surface area contributed by atoms with Crippen molar-refractivity contribution in [3.63, 3.8) is 0 Å². The van der Waals surface area contributed by atoms with Gasteiger partial charge in [0.25, 0.3) is 0 Å². The van der Waals surface area contributed by atoms with Crippen molar-refractivity contribution >= 4 is 44.3 Å². The maximum atomic E-state index is 15.9. The van der Waals surface area contributed by atoms with E-state index in [1.54, 1.807) is 54.6 Å². The van der Waals surface area contributed by atoms with Crippen LogP contribution in [0.1, 0.15) is 54.1 Å². The number of nitrogens with zero attached hydrogens (tertiary/aromatic N) is 2. The van der Waals surface area contributed by atoms with Crippen LogP contribution in [-0.2, 0) is 16.6 Å². The van der Waals surface area contributed by atoms with Crippen LogP contribution in [-0.4, -0.2) is 35.3 Å². The number of carbonyl (C=O) groups is 1. The summed E-state index contributed by atoms with van der Waals surface area (Å²) in [5.41, 5.74) is 4.43. The van der Waals surface area contributed by atoms with E-state index < -0.39 is 21.8 Å². The molecule has 1 fully saturated rings. The van der Waals surface area contributed by atoms with Crippen molar-refractivity contribution in [2.75, 3.05) is 11.0 Å². The summed E-state index contributed by atoms with van der Waals surface area (Å²) in [5, 5.41) is 10.1. The highest BCUT2D eigenvalue weighted by molar-refractivity contribution is 7.92. The van der Waals surface area contributed by atoms with Gasteiger partial charge in [0.2, 0.25) is 10.0 Å². The number of anilines is 1. The number of ether oxygens (including phenoxy) is 1. The Morgan fingerprint density at radius 3 is 2.42 bits per heavy atom. The van der Waals surface area contributed by atoms with Gasteiger partial charge < -0.3 is 14.4 Å². The smallest absolute Gasteiger partial charge is 0.335 e. The van der Waals surface area contributed by atoms with E-state index >= 15 is 4.39 Å². The molecule has 0 spiro atoms. The molecule has 8 nitrogen and oxygen atoms in total. The summed E-state index contributed by atoms with van der Waals surface area (Å²) >= 11 is 6.08. The minimum atomic E-state index is -3.50. The van der Waals surface area contributed by atoms with Crippen LogP contribution in [0.25, 0.3) is 33.5 Å². The molecule has 4 aromatic carbocycles. The Labute approximate surface area is 265 Å². The quantitative estimate of drug-likeness (QED) is 0.166. The molecule has 1 heterocycles. The van der Waals surface area contributed by atoms with E-state index in [0.717, 1.165) is 55.0 Å². The Morgan fingerprint density at radius 2 is 1.73 bits per heavy atom. The van der Waals surface area contributed by atoms with E-state index in [-0.39, 0.29) is 24.0 Å². The zero-order chi connectivity index (χ0) is 31.7. The van der Waals surface area contributed by atoms with Gasteiger partial charge in [-0.05, 0) is 84.1 Å². The SMILES string of the molecule is CS(=O)(=O)Nc1ccc(-c2ccc(Cl)cc2)c(COc2ccc(-c3nc4cc(C(=O)O)ccc4n3C3CCCCC3)c(F)c2)c1. The lowest BCUT2D eigenvalue weighted by Gasteiger charge is -2.25. The summed E-state index contributed by atoms with van der Waals surface area (Å²) < 4.78 is 50.2. The number of fused-ring (bicyclic) bond motifs is 1. The van der Waals surface area contributed by atoms with E-state index in [4.69, 9.17) is 21.3 Å². The molecule has 0 radical (unpaired) electrons. The molecule has 1 saturated carbocycles. The number of halogens is 2. The first-order valence-corrected chi connectivity index (χ1v) is 16.9. The van der Waals surface area contributed by atoms with Gasteiger partial charge in [0, 0.05) is 22.8 Å². The number of nitrogens with one attached hydrogen (secondary N) is 1. The fraction of sp³-hybridized carbons (Fsp3) is 0.235. The van der Waals surface area contributed by atoms with E-state index in [1.165, 1.54) is 12.1 Å². The monoisotopic (exact) mass is 647 g/mol. The Hall–Kier alpha value is -4.41. The number of hydrogen-bond acceptors (Lipinski definition) is 5. The molecule has 6 rings (SSSR count). The maximum Gasteiger partial charge on any atom is 0.335 e. The van der Waals surface area contributed by atoms with Gasteiger partial charge in [-0.2, -0.15) is 0 Å². The summed E-state index contributed by atoms with van der Waals surface area (Å²) in [4.78, 5) is 16.3. The van der Waals surface area contributed by atoms with Gasteiger partial charge >= 0.3 is 5.97 Å². The second-order valence-electron chi connectivity index (χ2n) is 11.3. The van der Waals surface area contributed by atoms with E-state index in [9.17, 15) is 18.3 Å². The van der Waals surface area contributed by atoms with E-state index in [0.29, 0.717) is 33.2 Å². The third kappa shape index (κ3) is 6.82. The molecule has 2 N–H and O–H groups in total. The molecule has 0 atom stereocenters. The molecule has 1 aliphatic rings. The molecule has 5 aromatic rings. The third-order valence-corrected chi connectivity index (χ3v) is 8.87. The van der Waals surface area contributed by atoms with Crippen LogP contribution >= 0.6 is 11.6 Å². The average molecular weight is 648 g/mol. The number of hydrogen-bond donors (Lipinski definition) is 2. The molecule has 45 heavy (non-hydrogen) atoms. The number of aromatic nitrogens is 2. The van der Waals surface area contributed by atoms with Crippen LogP contribution < -0.4 is 9.46 Å². The molecular formula is C34H31ClFN3O5S. The topological polar surface area (TPSA) is 111 Å². The second-order valence-corrected chi connectivity index (χ2v) is 13.5. The maximum absolute atomic E-state index is 15.9. The highest BCUT2D eigenvalue weighted by atomic mass is 35.5. The molecule has 0 bridgehead atoms. The Balaban J connectivity index is 1.33. The fourth-order valence-electron chi connectivity index (χ4n) is 5.96. The van der Waals surface area contributed by atoms with Gasteiger partial charge in [-0.3, -0.25) is 4.72 Å². The van der Waals surface area contributed by atoms with Gasteiger partial charge in [-0.15, -0.1) is 0 Å². The Bertz CT molecular complexity index is 2000. The fourth-order valence-corrected chi connectivity index (χ4v) is 6.64. The van der Waals surface area contributed by atoms with Crippen molar-refractivity contribution in [1.29, 1.82) is 0 Å². The van der Waals surface area contributed by atoms with Crippen LogP contribution in [0.15, 0.2) is 78.9 Å². The van der Waals surface area contributed by atoms with Crippen LogP contribution in [0.3, 0.4) is 0 Å². The highest BCUT2D eigenvalue weighted by Crippen LogP contribution is 2.38. The summed E-state index contributed by atoms with van der Waals surface area (Å²) in [7, 11) is -3.50. The van der Waals surface area contributed by atoms with Crippen molar-refractivity contribution in [3.05, 3.63) is 101 Å². The third-order valence-electron chi connectivity index (χ3n) is 8.02. The predicted molar refractivity (Wildman–Crippen MR) is 174 cm³/mol. The number of carboxylic acid groups (broad SMARTS) is 1. The van der Waals surface area contributed by atoms with Crippen LogP contribution in [0.4, 0.5) is 10.1 Å². The average Bonchev–Trinajstić information content (AvgIpc) is 3.39. The number of sulfonamides is 1. The molecule has 1 aliphatic carbocycles. The molecule has 232 valence electrons. The van der Waals surface area contributed by atoms with Crippen molar-refractivity contribution < 1.29 is 27.4 Å². The van der Waals surface area contributed by atoms with Crippen LogP contribution in [0.5, 0.6) is 5.75 Å². The largest absolute Gasteiger partial charge is 0.489 e. The first-order chi connectivity index (χ1) is 21.6. The van der Waals surface area contributed by atoms with Crippen molar-refractivity contribution in [2.45, 2.75) is 44.8 Å². The van der Waals surface area contributed by atoms with Gasteiger partial charge in [0.15, 0.2) is 0 Å². The molecule has 1 aromatic heterocycles. The van der Waals surface area contributed by atoms with Crippen molar-refractivity contribution in [3.8, 4) is 28.3 Å². The summed E-state index contributed by atoms with van der Waals surface area (Å²) in [6, 6.07) is 22.0. The van der Waals surface area contributed by atoms with Gasteiger partial charge in [0.05, 0.1) is 28.4 Å². The predicted octanol–water partition coefficient (Wildman–Crippen LogP) is 8.32. The number of imidazole rings is 1. The van der Waals surface area contributed by atoms with Gasteiger partial charge in [-0.25, -0.2) is 22.6 Å². The van der Waals surface area contributed by atoms with Gasteiger partial charge in [0.1, 0.15) is 24.0 Å². The van der Waals surface area contributed by atoms with Crippen molar-refractivity contribution in [1.82, 2.24) is 9.55 Å². The lowest BCUT2D eigenvalue weighted by molar-refractivity contribution is 0.0697. The number of benzene rings is 4. The minimum Gasteiger partial charge on any atom is -0.489 e. The molecule has 11 heteroatoms. The number of aromatic carboxylic acids is 1. The number of carboxylic acids is 1. The molecule has 0 aliphatic heterocycles. The lowest BCUT2D eigenvalue weighted by atomic mass is 9.94. The highest BCUT2D eigenvalue weighted by Gasteiger charge is 2.25.